The Morgan fingerprint density at radius 1 is 0.514 bits per heavy atom. The van der Waals surface area contributed by atoms with Crippen LogP contribution in [0.15, 0.2) is 105 Å². The number of azo groups is 2. The molecule has 0 spiro atoms. The van der Waals surface area contributed by atoms with Crippen molar-refractivity contribution in [2.45, 2.75) is 65.0 Å². The number of carbonyl (C=O) groups is 6. The normalized spacial score (nSPS) is 12.7. The summed E-state index contributed by atoms with van der Waals surface area (Å²) in [4.78, 5) is 78.7. The number of nitrogens with zero attached hydrogens (tertiary/aromatic N) is 4. The predicted octanol–water partition coefficient (Wildman–Crippen LogP) is 13.3. The lowest BCUT2D eigenvalue weighted by Gasteiger charge is -2.19. The minimum atomic E-state index is -4.75. The Hall–Kier alpha value is -6.74. The molecule has 2 atom stereocenters. The van der Waals surface area contributed by atoms with Gasteiger partial charge in [0.05, 0.1) is 43.7 Å². The molecular formula is C46H36Cl4F6N8O6. The molecule has 2 unspecified atom stereocenters. The van der Waals surface area contributed by atoms with Crippen molar-refractivity contribution < 1.29 is 55.1 Å². The summed E-state index contributed by atoms with van der Waals surface area (Å²) in [6.07, 6.45) is -8.93. The number of nitrogens with one attached hydrogen (secondary N) is 4. The van der Waals surface area contributed by atoms with Crippen molar-refractivity contribution in [1.82, 2.24) is 0 Å². The summed E-state index contributed by atoms with van der Waals surface area (Å²) in [5.74, 6) is -5.12. The highest BCUT2D eigenvalue weighted by atomic mass is 35.5. The van der Waals surface area contributed by atoms with Gasteiger partial charge in [-0.25, -0.2) is 0 Å². The number of ketones is 2. The second-order valence-corrected chi connectivity index (χ2v) is 16.7. The minimum absolute atomic E-state index is 0.0495. The molecule has 0 fully saturated rings. The Morgan fingerprint density at radius 2 is 0.886 bits per heavy atom. The molecule has 0 bridgehead atoms. The number of benzene rings is 5. The molecule has 4 amide bonds. The predicted molar refractivity (Wildman–Crippen MR) is 252 cm³/mol. The number of alkyl halides is 6. The third kappa shape index (κ3) is 14.2. The summed E-state index contributed by atoms with van der Waals surface area (Å²) in [6, 6.07) is 11.9. The molecule has 24 heteroatoms. The van der Waals surface area contributed by atoms with Crippen molar-refractivity contribution in [1.29, 1.82) is 0 Å². The van der Waals surface area contributed by atoms with Gasteiger partial charge < -0.3 is 21.3 Å². The molecule has 0 aromatic heterocycles. The maximum Gasteiger partial charge on any atom is 0.416 e. The van der Waals surface area contributed by atoms with Crippen molar-refractivity contribution in [2.24, 2.45) is 20.5 Å². The summed E-state index contributed by atoms with van der Waals surface area (Å²) in [5.41, 5.74) is -1.87. The number of Topliss-reactive ketones (excluding diaryl/α,β-unsaturated/α-hetero) is 2. The van der Waals surface area contributed by atoms with Crippen LogP contribution in [0.2, 0.25) is 20.1 Å². The molecule has 0 aliphatic rings. The molecule has 14 nitrogen and oxygen atoms in total. The zero-order valence-electron chi connectivity index (χ0n) is 36.7. The van der Waals surface area contributed by atoms with Crippen LogP contribution in [0.3, 0.4) is 0 Å². The number of anilines is 4. The van der Waals surface area contributed by atoms with Crippen molar-refractivity contribution in [3.63, 3.8) is 0 Å². The van der Waals surface area contributed by atoms with E-state index in [-0.39, 0.29) is 78.2 Å². The van der Waals surface area contributed by atoms with Gasteiger partial charge in [-0.15, -0.1) is 0 Å². The van der Waals surface area contributed by atoms with E-state index in [1.54, 1.807) is 13.8 Å². The monoisotopic (exact) mass is 1050 g/mol. The van der Waals surface area contributed by atoms with E-state index in [0.29, 0.717) is 35.4 Å². The Balaban J connectivity index is 1.31. The highest BCUT2D eigenvalue weighted by Gasteiger charge is 2.33. The molecule has 0 radical (unpaired) electrons. The van der Waals surface area contributed by atoms with Crippen molar-refractivity contribution in [2.75, 3.05) is 21.3 Å². The van der Waals surface area contributed by atoms with E-state index in [4.69, 9.17) is 46.4 Å². The number of rotatable bonds is 16. The largest absolute Gasteiger partial charge is 0.416 e. The molecule has 366 valence electrons. The van der Waals surface area contributed by atoms with Gasteiger partial charge in [0.1, 0.15) is 0 Å². The second kappa shape index (κ2) is 22.8. The minimum Gasteiger partial charge on any atom is -0.324 e. The van der Waals surface area contributed by atoms with Crippen LogP contribution in [0, 0.1) is 0 Å². The van der Waals surface area contributed by atoms with Crippen LogP contribution in [-0.4, -0.2) is 47.3 Å². The lowest BCUT2D eigenvalue weighted by molar-refractivity contribution is -0.138. The van der Waals surface area contributed by atoms with Gasteiger partial charge in [0.25, 0.3) is 23.6 Å². The first-order valence-electron chi connectivity index (χ1n) is 20.3. The van der Waals surface area contributed by atoms with Crippen molar-refractivity contribution >= 4 is 116 Å². The zero-order valence-corrected chi connectivity index (χ0v) is 39.7. The van der Waals surface area contributed by atoms with Gasteiger partial charge in [0.2, 0.25) is 12.1 Å². The lowest BCUT2D eigenvalue weighted by atomic mass is 10.0. The van der Waals surface area contributed by atoms with E-state index in [2.05, 4.69) is 41.7 Å². The van der Waals surface area contributed by atoms with Crippen LogP contribution in [0.1, 0.15) is 70.7 Å². The highest BCUT2D eigenvalue weighted by Crippen LogP contribution is 2.36. The smallest absolute Gasteiger partial charge is 0.324 e. The Labute approximate surface area is 414 Å². The molecule has 4 N–H and O–H groups in total. The zero-order chi connectivity index (χ0) is 51.8. The average Bonchev–Trinajstić information content (AvgIpc) is 3.26. The molecule has 0 aliphatic heterocycles. The number of hydrogen-bond acceptors (Lipinski definition) is 10. The highest BCUT2D eigenvalue weighted by molar-refractivity contribution is 6.35. The van der Waals surface area contributed by atoms with Crippen LogP contribution in [-0.2, 0) is 44.4 Å². The summed E-state index contributed by atoms with van der Waals surface area (Å²) >= 11 is 24.1. The summed E-state index contributed by atoms with van der Waals surface area (Å²) < 4.78 is 79.9. The van der Waals surface area contributed by atoms with Gasteiger partial charge in [-0.05, 0) is 123 Å². The van der Waals surface area contributed by atoms with E-state index in [9.17, 15) is 55.1 Å². The molecule has 5 aromatic carbocycles. The second-order valence-electron chi connectivity index (χ2n) is 15.0. The van der Waals surface area contributed by atoms with Gasteiger partial charge in [-0.2, -0.15) is 46.8 Å². The fraction of sp³-hybridized carbons (Fsp3) is 0.217. The lowest BCUT2D eigenvalue weighted by Crippen LogP contribution is -2.33. The fourth-order valence-corrected chi connectivity index (χ4v) is 7.27. The first-order chi connectivity index (χ1) is 32.8. The van der Waals surface area contributed by atoms with E-state index in [1.165, 1.54) is 36.4 Å². The molecule has 0 saturated heterocycles. The van der Waals surface area contributed by atoms with Gasteiger partial charge in [0.15, 0.2) is 11.6 Å². The molecule has 5 aromatic rings. The van der Waals surface area contributed by atoms with Gasteiger partial charge >= 0.3 is 12.4 Å². The topological polar surface area (TPSA) is 200 Å². The first-order valence-corrected chi connectivity index (χ1v) is 21.9. The van der Waals surface area contributed by atoms with Gasteiger partial charge in [0, 0.05) is 32.8 Å². The fourth-order valence-electron chi connectivity index (χ4n) is 6.39. The van der Waals surface area contributed by atoms with E-state index in [0.717, 1.165) is 38.1 Å². The summed E-state index contributed by atoms with van der Waals surface area (Å²) in [5, 5.41) is 24.8. The average molecular weight is 1050 g/mol. The van der Waals surface area contributed by atoms with Gasteiger partial charge in [-0.1, -0.05) is 60.3 Å². The van der Waals surface area contributed by atoms with E-state index < -0.39 is 70.8 Å². The maximum atomic E-state index is 13.6. The molecule has 0 aliphatic carbocycles. The van der Waals surface area contributed by atoms with E-state index in [1.807, 2.05) is 0 Å². The van der Waals surface area contributed by atoms with Crippen LogP contribution < -0.4 is 21.3 Å². The Bertz CT molecular complexity index is 2940. The number of halogens is 10. The van der Waals surface area contributed by atoms with Crippen LogP contribution in [0.4, 0.5) is 60.5 Å². The quantitative estimate of drug-likeness (QED) is 0.0430. The maximum absolute atomic E-state index is 13.6. The number of carbonyl (C=O) groups excluding carboxylic acids is 6. The van der Waals surface area contributed by atoms with Crippen LogP contribution in [0.25, 0.3) is 0 Å². The van der Waals surface area contributed by atoms with E-state index >= 15 is 0 Å². The number of aryl methyl sites for hydroxylation is 2. The SMILES string of the molecule is CCc1cc(NC(=O)C(N=Nc2ccc(Cl)c(C(=O)Nc3cc(Cl)cc(C(F)(F)F)c3)c2)C(C)=O)cc(CC)c1NC(=O)C(N=Nc1ccc(Cl)c(C(=O)Nc2cc(Cl)cc(C(F)(F)F)c2)c1)C(C)=O. The molecule has 5 rings (SSSR count). The summed E-state index contributed by atoms with van der Waals surface area (Å²) in [7, 11) is 0. The molecular weight excluding hydrogens is 1020 g/mol. The summed E-state index contributed by atoms with van der Waals surface area (Å²) in [6.45, 7) is 5.67. The Morgan fingerprint density at radius 3 is 1.24 bits per heavy atom. The standard InChI is InChI=1S/C46H36Cl4F6N8O6/c1-5-23-11-31(59-43(69)38(21(3)65)63-61-29-7-9-36(49)34(19-29)41(67)57-32-15-25(45(51,52)53)13-27(47)17-32)12-24(6-2)40(23)60-44(70)39(22(4)66)64-62-30-8-10-37(50)35(20-30)42(68)58-33-16-26(46(54,55)56)14-28(48)18-33/h7-20,38-39H,5-6H2,1-4H3,(H,57,67)(H,58,68)(H,59,69)(H,60,70). The molecule has 0 heterocycles. The number of amides is 4. The molecule has 0 saturated carbocycles. The third-order valence-corrected chi connectivity index (χ3v) is 10.9. The Kier molecular flexibility index (Phi) is 17.6. The molecule has 70 heavy (non-hydrogen) atoms. The third-order valence-electron chi connectivity index (χ3n) is 9.78. The van der Waals surface area contributed by atoms with Gasteiger partial charge in [-0.3, -0.25) is 28.8 Å². The number of hydrogen-bond donors (Lipinski definition) is 4. The van der Waals surface area contributed by atoms with Crippen molar-refractivity contribution in [3.05, 3.63) is 138 Å². The first kappa shape index (κ1) is 54.2. The van der Waals surface area contributed by atoms with Crippen LogP contribution >= 0.6 is 46.4 Å². The van der Waals surface area contributed by atoms with Crippen molar-refractivity contribution in [3.8, 4) is 0 Å². The van der Waals surface area contributed by atoms with Crippen LogP contribution in [0.5, 0.6) is 0 Å².